The van der Waals surface area contributed by atoms with Gasteiger partial charge in [0.05, 0.1) is 6.61 Å². The van der Waals surface area contributed by atoms with E-state index in [1.165, 1.54) is 11.3 Å². The number of aromatic nitrogens is 1. The summed E-state index contributed by atoms with van der Waals surface area (Å²) >= 11 is 1.40. The van der Waals surface area contributed by atoms with Crippen molar-refractivity contribution in [3.8, 4) is 0 Å². The Labute approximate surface area is 145 Å². The second-order valence-electron chi connectivity index (χ2n) is 5.15. The Bertz CT molecular complexity index is 697. The molecule has 2 rings (SSSR count). The summed E-state index contributed by atoms with van der Waals surface area (Å²) in [7, 11) is 1.91. The summed E-state index contributed by atoms with van der Waals surface area (Å²) in [6.45, 7) is 5.22. The van der Waals surface area contributed by atoms with E-state index in [2.05, 4.69) is 10.3 Å². The first-order valence-corrected chi connectivity index (χ1v) is 8.64. The third kappa shape index (κ3) is 4.55. The molecule has 128 valence electrons. The molecule has 0 radical (unpaired) electrons. The maximum absolute atomic E-state index is 11.7. The summed E-state index contributed by atoms with van der Waals surface area (Å²) in [5.74, 6) is -0.476. The van der Waals surface area contributed by atoms with Crippen molar-refractivity contribution in [2.24, 2.45) is 0 Å². The van der Waals surface area contributed by atoms with E-state index < -0.39 is 5.97 Å². The lowest BCUT2D eigenvalue weighted by atomic mass is 10.1. The van der Waals surface area contributed by atoms with Crippen molar-refractivity contribution in [1.29, 1.82) is 0 Å². The third-order valence-corrected chi connectivity index (χ3v) is 4.23. The van der Waals surface area contributed by atoms with Crippen molar-refractivity contribution in [1.82, 2.24) is 10.3 Å². The molecule has 0 spiro atoms. The van der Waals surface area contributed by atoms with Gasteiger partial charge in [-0.05, 0) is 31.5 Å². The van der Waals surface area contributed by atoms with Crippen LogP contribution >= 0.6 is 11.3 Å². The first kappa shape index (κ1) is 17.9. The molecule has 1 N–H and O–H groups in total. The summed E-state index contributed by atoms with van der Waals surface area (Å²) in [5, 5.41) is 5.21. The van der Waals surface area contributed by atoms with E-state index in [1.54, 1.807) is 24.4 Å². The molecule has 6 nitrogen and oxygen atoms in total. The number of nitrogens with zero attached hydrogens (tertiary/aromatic N) is 2. The van der Waals surface area contributed by atoms with Crippen LogP contribution in [-0.2, 0) is 11.3 Å². The van der Waals surface area contributed by atoms with E-state index in [0.717, 1.165) is 10.7 Å². The number of hydrogen-bond donors (Lipinski definition) is 1. The van der Waals surface area contributed by atoms with Gasteiger partial charge in [0.15, 0.2) is 10.8 Å². The number of nitrogens with one attached hydrogen (secondary N) is 1. The van der Waals surface area contributed by atoms with Crippen LogP contribution in [0.15, 0.2) is 29.6 Å². The number of hydrogen-bond acceptors (Lipinski definition) is 6. The van der Waals surface area contributed by atoms with Crippen LogP contribution in [0.25, 0.3) is 0 Å². The number of anilines is 1. The number of ether oxygens (including phenoxy) is 1. The van der Waals surface area contributed by atoms with E-state index in [1.807, 2.05) is 31.0 Å². The molecule has 0 aliphatic carbocycles. The number of thiazole rings is 1. The molecular formula is C17H21N3O3S. The number of carbonyl (C=O) groups is 2. The number of amides is 1. The molecule has 0 aliphatic rings. The van der Waals surface area contributed by atoms with Crippen LogP contribution in [0.1, 0.15) is 40.3 Å². The molecule has 0 bridgehead atoms. The van der Waals surface area contributed by atoms with Crippen molar-refractivity contribution in [2.75, 3.05) is 25.1 Å². The molecule has 0 saturated heterocycles. The van der Waals surface area contributed by atoms with Crippen molar-refractivity contribution in [2.45, 2.75) is 20.4 Å². The van der Waals surface area contributed by atoms with Crippen molar-refractivity contribution >= 4 is 28.3 Å². The van der Waals surface area contributed by atoms with Crippen LogP contribution in [0.2, 0.25) is 0 Å². The summed E-state index contributed by atoms with van der Waals surface area (Å²) in [6.07, 6.45) is 0. The van der Waals surface area contributed by atoms with Gasteiger partial charge in [-0.25, -0.2) is 9.78 Å². The Morgan fingerprint density at radius 1 is 1.25 bits per heavy atom. The van der Waals surface area contributed by atoms with Crippen LogP contribution in [-0.4, -0.2) is 37.1 Å². The van der Waals surface area contributed by atoms with E-state index >= 15 is 0 Å². The van der Waals surface area contributed by atoms with Gasteiger partial charge in [0.2, 0.25) is 0 Å². The second-order valence-corrected chi connectivity index (χ2v) is 5.98. The van der Waals surface area contributed by atoms with Gasteiger partial charge in [0.1, 0.15) is 0 Å². The number of carbonyl (C=O) groups excluding carboxylic acids is 2. The molecular weight excluding hydrogens is 326 g/mol. The number of rotatable bonds is 7. The highest BCUT2D eigenvalue weighted by atomic mass is 32.1. The molecule has 0 unspecified atom stereocenters. The number of esters is 1. The molecule has 7 heteroatoms. The summed E-state index contributed by atoms with van der Waals surface area (Å²) in [5.41, 5.74) is 2.02. The highest BCUT2D eigenvalue weighted by Crippen LogP contribution is 2.21. The minimum absolute atomic E-state index is 0.0728. The molecule has 0 aliphatic heterocycles. The minimum atomic E-state index is -0.403. The van der Waals surface area contributed by atoms with Gasteiger partial charge in [-0.3, -0.25) is 4.79 Å². The summed E-state index contributed by atoms with van der Waals surface area (Å²) < 4.78 is 4.94. The normalized spacial score (nSPS) is 10.3. The fraction of sp³-hybridized carbons (Fsp3) is 0.353. The quantitative estimate of drug-likeness (QED) is 0.780. The van der Waals surface area contributed by atoms with Crippen LogP contribution < -0.4 is 10.2 Å². The Kier molecular flexibility index (Phi) is 6.31. The molecule has 1 aromatic carbocycles. The van der Waals surface area contributed by atoms with Crippen molar-refractivity contribution in [3.05, 3.63) is 46.5 Å². The van der Waals surface area contributed by atoms with Gasteiger partial charge in [0.25, 0.3) is 5.91 Å². The van der Waals surface area contributed by atoms with E-state index in [0.29, 0.717) is 31.0 Å². The van der Waals surface area contributed by atoms with Gasteiger partial charge in [-0.1, -0.05) is 12.1 Å². The maximum atomic E-state index is 11.7. The zero-order chi connectivity index (χ0) is 17.5. The molecule has 0 atom stereocenters. The third-order valence-electron chi connectivity index (χ3n) is 3.28. The Morgan fingerprint density at radius 2 is 1.96 bits per heavy atom. The van der Waals surface area contributed by atoms with Crippen LogP contribution in [0.4, 0.5) is 5.13 Å². The second kappa shape index (κ2) is 8.44. The first-order valence-electron chi connectivity index (χ1n) is 7.76. The topological polar surface area (TPSA) is 71.5 Å². The van der Waals surface area contributed by atoms with Crippen LogP contribution in [0.5, 0.6) is 0 Å². The van der Waals surface area contributed by atoms with Gasteiger partial charge in [0, 0.05) is 31.1 Å². The lowest BCUT2D eigenvalue weighted by Gasteiger charge is -2.15. The van der Waals surface area contributed by atoms with Crippen LogP contribution in [0, 0.1) is 0 Å². The predicted molar refractivity (Wildman–Crippen MR) is 94.6 cm³/mol. The molecule has 1 amide bonds. The molecule has 24 heavy (non-hydrogen) atoms. The molecule has 1 heterocycles. The molecule has 0 fully saturated rings. The zero-order valence-corrected chi connectivity index (χ0v) is 14.9. The lowest BCUT2D eigenvalue weighted by molar-refractivity contribution is 0.0520. The SMILES string of the molecule is CCNC(=O)c1ccc(CN(C)c2nc(C(=O)OCC)cs2)cc1. The zero-order valence-electron chi connectivity index (χ0n) is 14.0. The Hall–Kier alpha value is -2.41. The molecule has 1 aromatic heterocycles. The highest BCUT2D eigenvalue weighted by Gasteiger charge is 2.14. The van der Waals surface area contributed by atoms with E-state index in [9.17, 15) is 9.59 Å². The predicted octanol–water partition coefficient (Wildman–Crippen LogP) is 2.71. The van der Waals surface area contributed by atoms with Crippen molar-refractivity contribution < 1.29 is 14.3 Å². The maximum Gasteiger partial charge on any atom is 0.357 e. The fourth-order valence-corrected chi connectivity index (χ4v) is 2.87. The monoisotopic (exact) mass is 347 g/mol. The van der Waals surface area contributed by atoms with Crippen LogP contribution in [0.3, 0.4) is 0 Å². The highest BCUT2D eigenvalue weighted by molar-refractivity contribution is 7.13. The lowest BCUT2D eigenvalue weighted by Crippen LogP contribution is -2.22. The largest absolute Gasteiger partial charge is 0.461 e. The van der Waals surface area contributed by atoms with E-state index in [-0.39, 0.29) is 5.91 Å². The number of benzene rings is 1. The van der Waals surface area contributed by atoms with Gasteiger partial charge < -0.3 is 15.0 Å². The fourth-order valence-electron chi connectivity index (χ4n) is 2.10. The average Bonchev–Trinajstić information content (AvgIpc) is 3.06. The average molecular weight is 347 g/mol. The first-order chi connectivity index (χ1) is 11.5. The summed E-state index contributed by atoms with van der Waals surface area (Å²) in [6, 6.07) is 7.45. The smallest absolute Gasteiger partial charge is 0.357 e. The van der Waals surface area contributed by atoms with Gasteiger partial charge >= 0.3 is 5.97 Å². The Morgan fingerprint density at radius 3 is 2.58 bits per heavy atom. The Balaban J connectivity index is 2.00. The standard InChI is InChI=1S/C17H21N3O3S/c1-4-18-15(21)13-8-6-12(7-9-13)10-20(3)17-19-14(11-24-17)16(22)23-5-2/h6-9,11H,4-5,10H2,1-3H3,(H,18,21). The van der Waals surface area contributed by atoms with Gasteiger partial charge in [-0.15, -0.1) is 11.3 Å². The minimum Gasteiger partial charge on any atom is -0.461 e. The van der Waals surface area contributed by atoms with E-state index in [4.69, 9.17) is 4.74 Å². The molecule has 2 aromatic rings. The van der Waals surface area contributed by atoms with Crippen molar-refractivity contribution in [3.63, 3.8) is 0 Å². The molecule has 0 saturated carbocycles. The van der Waals surface area contributed by atoms with Gasteiger partial charge in [-0.2, -0.15) is 0 Å². The summed E-state index contributed by atoms with van der Waals surface area (Å²) in [4.78, 5) is 29.7.